The second-order valence-electron chi connectivity index (χ2n) is 4.41. The van der Waals surface area contributed by atoms with Gasteiger partial charge in [-0.3, -0.25) is 9.78 Å². The maximum absolute atomic E-state index is 11.4. The Balaban J connectivity index is 2.20. The number of allylic oxidation sites excluding steroid dienone is 2. The summed E-state index contributed by atoms with van der Waals surface area (Å²) in [6.45, 7) is 0. The molecule has 2 heteroatoms. The van der Waals surface area contributed by atoms with E-state index < -0.39 is 0 Å². The molecule has 0 N–H and O–H groups in total. The molecule has 0 spiro atoms. The summed E-state index contributed by atoms with van der Waals surface area (Å²) in [5.74, 6) is 0. The average molecular weight is 235 g/mol. The zero-order valence-corrected chi connectivity index (χ0v) is 9.97. The first-order valence-corrected chi connectivity index (χ1v) is 6.07. The van der Waals surface area contributed by atoms with E-state index in [1.165, 1.54) is 5.56 Å². The Morgan fingerprint density at radius 3 is 2.72 bits per heavy atom. The molecule has 0 unspecified atom stereocenters. The van der Waals surface area contributed by atoms with Gasteiger partial charge in [0.05, 0.1) is 0 Å². The van der Waals surface area contributed by atoms with Gasteiger partial charge in [-0.2, -0.15) is 0 Å². The molecule has 0 radical (unpaired) electrons. The number of benzene rings is 1. The van der Waals surface area contributed by atoms with Gasteiger partial charge in [0, 0.05) is 18.0 Å². The number of fused-ring (bicyclic) bond motifs is 1. The van der Waals surface area contributed by atoms with Crippen LogP contribution in [-0.2, 0) is 11.2 Å². The van der Waals surface area contributed by atoms with Crippen molar-refractivity contribution in [1.29, 1.82) is 0 Å². The first-order chi connectivity index (χ1) is 8.90. The molecule has 0 saturated carbocycles. The highest BCUT2D eigenvalue weighted by atomic mass is 16.1. The molecule has 1 aliphatic carbocycles. The van der Waals surface area contributed by atoms with Crippen LogP contribution >= 0.6 is 0 Å². The highest BCUT2D eigenvalue weighted by molar-refractivity contribution is 6.18. The zero-order chi connectivity index (χ0) is 12.4. The van der Waals surface area contributed by atoms with E-state index in [0.717, 1.165) is 41.4 Å². The molecule has 0 saturated heterocycles. The van der Waals surface area contributed by atoms with Crippen molar-refractivity contribution in [3.05, 3.63) is 65.5 Å². The highest BCUT2D eigenvalue weighted by Crippen LogP contribution is 2.35. The number of carbonyl (C=O) groups is 1. The summed E-state index contributed by atoms with van der Waals surface area (Å²) in [4.78, 5) is 15.6. The van der Waals surface area contributed by atoms with Gasteiger partial charge in [-0.05, 0) is 41.2 Å². The Morgan fingerprint density at radius 2 is 1.94 bits per heavy atom. The van der Waals surface area contributed by atoms with Crippen molar-refractivity contribution in [1.82, 2.24) is 4.98 Å². The summed E-state index contributed by atoms with van der Waals surface area (Å²) < 4.78 is 0. The van der Waals surface area contributed by atoms with Crippen LogP contribution in [0.2, 0.25) is 0 Å². The number of aldehydes is 1. The minimum atomic E-state index is 0.810. The van der Waals surface area contributed by atoms with Crippen LogP contribution in [0.25, 0.3) is 11.1 Å². The van der Waals surface area contributed by atoms with Crippen molar-refractivity contribution in [3.63, 3.8) is 0 Å². The lowest BCUT2D eigenvalue weighted by Crippen LogP contribution is -2.05. The van der Waals surface area contributed by atoms with Crippen molar-refractivity contribution < 1.29 is 4.79 Å². The van der Waals surface area contributed by atoms with Crippen LogP contribution in [0.15, 0.2) is 48.8 Å². The van der Waals surface area contributed by atoms with Crippen molar-refractivity contribution in [2.75, 3.05) is 0 Å². The number of aryl methyl sites for hydroxylation is 1. The third-order valence-corrected chi connectivity index (χ3v) is 3.40. The lowest BCUT2D eigenvalue weighted by Gasteiger charge is -2.20. The molecule has 0 fully saturated rings. The van der Waals surface area contributed by atoms with Gasteiger partial charge in [-0.1, -0.05) is 30.3 Å². The molecular formula is C16H13NO. The summed E-state index contributed by atoms with van der Waals surface area (Å²) in [7, 11) is 0. The van der Waals surface area contributed by atoms with Crippen LogP contribution in [-0.4, -0.2) is 11.3 Å². The number of carbonyl (C=O) groups excluding carboxylic acids is 1. The maximum Gasteiger partial charge on any atom is 0.150 e. The van der Waals surface area contributed by atoms with Gasteiger partial charge < -0.3 is 0 Å². The SMILES string of the molecule is O=CC1=C(c2cccnc2)CCc2ccccc21. The second-order valence-corrected chi connectivity index (χ2v) is 4.41. The van der Waals surface area contributed by atoms with E-state index in [-0.39, 0.29) is 0 Å². The maximum atomic E-state index is 11.4. The minimum Gasteiger partial charge on any atom is -0.298 e. The van der Waals surface area contributed by atoms with Gasteiger partial charge in [-0.15, -0.1) is 0 Å². The van der Waals surface area contributed by atoms with E-state index >= 15 is 0 Å². The number of hydrogen-bond acceptors (Lipinski definition) is 2. The number of pyridine rings is 1. The fourth-order valence-corrected chi connectivity index (χ4v) is 2.53. The Bertz CT molecular complexity index is 614. The number of aromatic nitrogens is 1. The summed E-state index contributed by atoms with van der Waals surface area (Å²) in [5, 5.41) is 0. The molecule has 18 heavy (non-hydrogen) atoms. The normalized spacial score (nSPS) is 14.2. The molecule has 0 bridgehead atoms. The molecule has 1 heterocycles. The van der Waals surface area contributed by atoms with Gasteiger partial charge in [-0.25, -0.2) is 0 Å². The third-order valence-electron chi connectivity index (χ3n) is 3.40. The molecule has 2 aromatic rings. The largest absolute Gasteiger partial charge is 0.298 e. The molecular weight excluding hydrogens is 222 g/mol. The van der Waals surface area contributed by atoms with Gasteiger partial charge in [0.2, 0.25) is 0 Å². The first kappa shape index (κ1) is 10.9. The summed E-state index contributed by atoms with van der Waals surface area (Å²) in [6.07, 6.45) is 6.43. The molecule has 0 amide bonds. The van der Waals surface area contributed by atoms with Crippen LogP contribution in [0, 0.1) is 0 Å². The van der Waals surface area contributed by atoms with Crippen LogP contribution in [0.3, 0.4) is 0 Å². The molecule has 1 aliphatic rings. The monoisotopic (exact) mass is 235 g/mol. The Morgan fingerprint density at radius 1 is 1.06 bits per heavy atom. The third kappa shape index (κ3) is 1.76. The number of rotatable bonds is 2. The van der Waals surface area contributed by atoms with E-state index in [0.29, 0.717) is 0 Å². The van der Waals surface area contributed by atoms with E-state index in [4.69, 9.17) is 0 Å². The van der Waals surface area contributed by atoms with Gasteiger partial charge in [0.1, 0.15) is 0 Å². The van der Waals surface area contributed by atoms with Crippen molar-refractivity contribution in [2.24, 2.45) is 0 Å². The Labute approximate surface area is 106 Å². The molecule has 1 aromatic heterocycles. The van der Waals surface area contributed by atoms with Gasteiger partial charge in [0.15, 0.2) is 6.29 Å². The second kappa shape index (κ2) is 4.57. The van der Waals surface area contributed by atoms with E-state index in [1.54, 1.807) is 6.20 Å². The fourth-order valence-electron chi connectivity index (χ4n) is 2.53. The lowest BCUT2D eigenvalue weighted by atomic mass is 9.84. The van der Waals surface area contributed by atoms with Crippen molar-refractivity contribution in [3.8, 4) is 0 Å². The zero-order valence-electron chi connectivity index (χ0n) is 9.97. The number of hydrogen-bond donors (Lipinski definition) is 0. The van der Waals surface area contributed by atoms with Crippen LogP contribution < -0.4 is 0 Å². The standard InChI is InChI=1S/C16H13NO/c18-11-16-14-6-2-1-4-12(14)7-8-15(16)13-5-3-9-17-10-13/h1-6,9-11H,7-8H2. The van der Waals surface area contributed by atoms with Crippen LogP contribution in [0.4, 0.5) is 0 Å². The quantitative estimate of drug-likeness (QED) is 0.748. The first-order valence-electron chi connectivity index (χ1n) is 6.07. The molecule has 0 atom stereocenters. The van der Waals surface area contributed by atoms with Crippen molar-refractivity contribution >= 4 is 17.4 Å². The summed E-state index contributed by atoms with van der Waals surface area (Å²) >= 11 is 0. The van der Waals surface area contributed by atoms with Crippen LogP contribution in [0.1, 0.15) is 23.1 Å². The molecule has 2 nitrogen and oxygen atoms in total. The van der Waals surface area contributed by atoms with E-state index in [9.17, 15) is 4.79 Å². The van der Waals surface area contributed by atoms with Crippen molar-refractivity contribution in [2.45, 2.75) is 12.8 Å². The minimum absolute atomic E-state index is 0.810. The molecule has 1 aromatic carbocycles. The van der Waals surface area contributed by atoms with Gasteiger partial charge >= 0.3 is 0 Å². The molecule has 3 rings (SSSR count). The van der Waals surface area contributed by atoms with Gasteiger partial charge in [0.25, 0.3) is 0 Å². The smallest absolute Gasteiger partial charge is 0.150 e. The molecule has 0 aliphatic heterocycles. The summed E-state index contributed by atoms with van der Waals surface area (Å²) in [6, 6.07) is 12.0. The number of nitrogens with zero attached hydrogens (tertiary/aromatic N) is 1. The fraction of sp³-hybridized carbons (Fsp3) is 0.125. The predicted molar refractivity (Wildman–Crippen MR) is 71.9 cm³/mol. The molecule has 88 valence electrons. The average Bonchev–Trinajstić information content (AvgIpc) is 2.47. The highest BCUT2D eigenvalue weighted by Gasteiger charge is 2.19. The summed E-state index contributed by atoms with van der Waals surface area (Å²) in [5.41, 5.74) is 5.29. The van der Waals surface area contributed by atoms with Crippen LogP contribution in [0.5, 0.6) is 0 Å². The van der Waals surface area contributed by atoms with E-state index in [2.05, 4.69) is 11.1 Å². The predicted octanol–water partition coefficient (Wildman–Crippen LogP) is 3.14. The van der Waals surface area contributed by atoms with E-state index in [1.807, 2.05) is 36.5 Å². The Kier molecular flexibility index (Phi) is 2.77. The Hall–Kier alpha value is -2.22. The topological polar surface area (TPSA) is 30.0 Å². The lowest BCUT2D eigenvalue weighted by molar-refractivity contribution is -0.103.